The molecule has 0 unspecified atom stereocenters. The first kappa shape index (κ1) is 45.2. The van der Waals surface area contributed by atoms with Gasteiger partial charge in [-0.15, -0.1) is 76.8 Å². The van der Waals surface area contributed by atoms with E-state index in [-0.39, 0.29) is 31.0 Å². The van der Waals surface area contributed by atoms with E-state index >= 15 is 0 Å². The maximum Gasteiger partial charge on any atom is 3.00 e. The molecule has 0 atom stereocenters. The second-order valence-electron chi connectivity index (χ2n) is 17.0. The van der Waals surface area contributed by atoms with Crippen LogP contribution in [0.3, 0.4) is 0 Å². The zero-order valence-corrected chi connectivity index (χ0v) is 39.5. The molecule has 0 amide bonds. The van der Waals surface area contributed by atoms with Crippen molar-refractivity contribution in [2.24, 2.45) is 0 Å². The van der Waals surface area contributed by atoms with Crippen LogP contribution in [0.15, 0.2) is 243 Å². The van der Waals surface area contributed by atoms with Gasteiger partial charge in [-0.3, -0.25) is 0 Å². The summed E-state index contributed by atoms with van der Waals surface area (Å²) in [5.41, 5.74) is 9.11. The normalized spacial score (nSPS) is 10.9. The second-order valence-corrected chi connectivity index (χ2v) is 17.0. The number of benzene rings is 13. The molecule has 0 saturated carbocycles. The van der Waals surface area contributed by atoms with Crippen molar-refractivity contribution < 1.29 is 34.8 Å². The van der Waals surface area contributed by atoms with Gasteiger partial charge in [0.2, 0.25) is 0 Å². The Hall–Kier alpha value is -8.56. The van der Waals surface area contributed by atoms with Crippen molar-refractivity contribution in [3.8, 4) is 61.8 Å². The number of hydrogen-bond donors (Lipinski definition) is 3. The molecule has 0 saturated heterocycles. The SMILES string of the molecule is Oc1cc2cc(-c3ccccc3)ccc2c2c(-c3ccccc3)cc[c-]c12.Oc1cc2cc(-c3ccccc3)ccc2c2c(-c3ccccc3)cc[c-]c12.Oc1cc2ccccc2c2ccc[c-]c12.[Ru+3]. The van der Waals surface area contributed by atoms with E-state index in [9.17, 15) is 15.3 Å². The summed E-state index contributed by atoms with van der Waals surface area (Å²) < 4.78 is 0. The van der Waals surface area contributed by atoms with Crippen LogP contribution in [0, 0.1) is 18.2 Å². The van der Waals surface area contributed by atoms with Crippen molar-refractivity contribution in [1.82, 2.24) is 0 Å². The Morgan fingerprint density at radius 2 is 0.643 bits per heavy atom. The third kappa shape index (κ3) is 8.85. The molecule has 0 heterocycles. The van der Waals surface area contributed by atoms with E-state index in [1.54, 1.807) is 6.07 Å². The van der Waals surface area contributed by atoms with Gasteiger partial charge in [0.25, 0.3) is 0 Å². The molecule has 3 nitrogen and oxygen atoms in total. The molecular weight excluding hydrogens is 942 g/mol. The summed E-state index contributed by atoms with van der Waals surface area (Å²) in [4.78, 5) is 0. The van der Waals surface area contributed by atoms with Crippen LogP contribution in [0.2, 0.25) is 0 Å². The number of phenolic OH excluding ortho intramolecular Hbond substituents is 3. The van der Waals surface area contributed by atoms with Crippen molar-refractivity contribution >= 4 is 64.6 Å². The van der Waals surface area contributed by atoms with Gasteiger partial charge in [0.05, 0.1) is 0 Å². The van der Waals surface area contributed by atoms with Gasteiger partial charge >= 0.3 is 19.5 Å². The zero-order chi connectivity index (χ0) is 46.7. The smallest absolute Gasteiger partial charge is 0.551 e. The first-order chi connectivity index (χ1) is 34.0. The summed E-state index contributed by atoms with van der Waals surface area (Å²) in [6.07, 6.45) is 0. The number of aromatic hydroxyl groups is 3. The van der Waals surface area contributed by atoms with Crippen LogP contribution in [-0.2, 0) is 19.5 Å². The van der Waals surface area contributed by atoms with Gasteiger partial charge in [-0.05, 0) is 61.7 Å². The van der Waals surface area contributed by atoms with E-state index in [0.29, 0.717) is 5.75 Å². The summed E-state index contributed by atoms with van der Waals surface area (Å²) in [7, 11) is 0. The number of fused-ring (bicyclic) bond motifs is 9. The molecular formula is C66H43O3Ru. The van der Waals surface area contributed by atoms with Gasteiger partial charge in [-0.1, -0.05) is 232 Å². The van der Waals surface area contributed by atoms with Crippen molar-refractivity contribution in [2.45, 2.75) is 0 Å². The molecule has 4 heteroatoms. The summed E-state index contributed by atoms with van der Waals surface area (Å²) in [6, 6.07) is 90.8. The first-order valence-corrected chi connectivity index (χ1v) is 22.9. The van der Waals surface area contributed by atoms with E-state index in [1.165, 1.54) is 11.1 Å². The quantitative estimate of drug-likeness (QED) is 0.0935. The maximum atomic E-state index is 10.7. The fraction of sp³-hybridized carbons (Fsp3) is 0. The molecule has 333 valence electrons. The van der Waals surface area contributed by atoms with Crippen LogP contribution < -0.4 is 0 Å². The van der Waals surface area contributed by atoms with Gasteiger partial charge in [0.15, 0.2) is 0 Å². The summed E-state index contributed by atoms with van der Waals surface area (Å²) >= 11 is 0. The average Bonchev–Trinajstić information content (AvgIpc) is 3.42. The predicted octanol–water partition coefficient (Wildman–Crippen LogP) is 17.2. The fourth-order valence-corrected chi connectivity index (χ4v) is 9.52. The van der Waals surface area contributed by atoms with Gasteiger partial charge in [-0.2, -0.15) is 0 Å². The Morgan fingerprint density at radius 1 is 0.257 bits per heavy atom. The largest absolute Gasteiger partial charge is 3.00 e. The monoisotopic (exact) mass is 985 g/mol. The Balaban J connectivity index is 0.000000126. The Kier molecular flexibility index (Phi) is 12.9. The van der Waals surface area contributed by atoms with Gasteiger partial charge in [-0.25, -0.2) is 0 Å². The predicted molar refractivity (Wildman–Crippen MR) is 288 cm³/mol. The summed E-state index contributed by atoms with van der Waals surface area (Å²) in [6.45, 7) is 0. The molecule has 0 bridgehead atoms. The van der Waals surface area contributed by atoms with Gasteiger partial charge in [0.1, 0.15) is 0 Å². The minimum Gasteiger partial charge on any atom is -0.551 e. The molecule has 0 aromatic heterocycles. The van der Waals surface area contributed by atoms with Crippen LogP contribution in [0.1, 0.15) is 0 Å². The molecule has 0 aliphatic rings. The Bertz CT molecular complexity index is 3770. The minimum atomic E-state index is 0. The summed E-state index contributed by atoms with van der Waals surface area (Å²) in [5, 5.41) is 43.1. The van der Waals surface area contributed by atoms with Crippen molar-refractivity contribution in [3.05, 3.63) is 261 Å². The van der Waals surface area contributed by atoms with E-state index in [4.69, 9.17) is 0 Å². The molecule has 13 aromatic carbocycles. The molecule has 13 rings (SSSR count). The molecule has 0 fully saturated rings. The maximum absolute atomic E-state index is 10.7. The molecule has 0 aliphatic carbocycles. The molecule has 3 N–H and O–H groups in total. The van der Waals surface area contributed by atoms with Gasteiger partial charge < -0.3 is 15.3 Å². The Morgan fingerprint density at radius 3 is 1.13 bits per heavy atom. The third-order valence-electron chi connectivity index (χ3n) is 12.8. The fourth-order valence-electron chi connectivity index (χ4n) is 9.52. The summed E-state index contributed by atoms with van der Waals surface area (Å²) in [5.74, 6) is 0.824. The van der Waals surface area contributed by atoms with Crippen LogP contribution >= 0.6 is 0 Å². The second kappa shape index (κ2) is 20.0. The zero-order valence-electron chi connectivity index (χ0n) is 37.8. The number of hydrogen-bond acceptors (Lipinski definition) is 3. The van der Waals surface area contributed by atoms with E-state index in [2.05, 4.69) is 121 Å². The van der Waals surface area contributed by atoms with Crippen LogP contribution in [-0.4, -0.2) is 15.3 Å². The number of rotatable bonds is 4. The van der Waals surface area contributed by atoms with E-state index < -0.39 is 0 Å². The topological polar surface area (TPSA) is 60.7 Å². The molecule has 13 aromatic rings. The van der Waals surface area contributed by atoms with Crippen molar-refractivity contribution in [1.29, 1.82) is 0 Å². The van der Waals surface area contributed by atoms with Crippen LogP contribution in [0.25, 0.3) is 109 Å². The molecule has 70 heavy (non-hydrogen) atoms. The molecule has 0 spiro atoms. The third-order valence-corrected chi connectivity index (χ3v) is 12.8. The van der Waals surface area contributed by atoms with Crippen molar-refractivity contribution in [2.75, 3.05) is 0 Å². The van der Waals surface area contributed by atoms with E-state index in [0.717, 1.165) is 98.0 Å². The minimum absolute atomic E-state index is 0. The average molecular weight is 985 g/mol. The first-order valence-electron chi connectivity index (χ1n) is 22.9. The number of phenols is 3. The standard InChI is InChI=1S/2C26H17O.C14H9O.Ru/c2*27-25-17-21-16-20(18-8-3-1-4-9-18)14-15-23(21)26-22(12-7-13-24(25)26)19-10-5-2-6-11-19;15-14-9-10-5-1-2-6-11(10)12-7-3-4-8-13(12)14;/h2*1-12,14-17,27H;1-7,9,15H;/q3*-1;+3. The van der Waals surface area contributed by atoms with Crippen LogP contribution in [0.5, 0.6) is 17.2 Å². The Labute approximate surface area is 419 Å². The van der Waals surface area contributed by atoms with Gasteiger partial charge in [0, 0.05) is 17.2 Å². The van der Waals surface area contributed by atoms with Crippen LogP contribution in [0.4, 0.5) is 0 Å². The van der Waals surface area contributed by atoms with Crippen molar-refractivity contribution in [3.63, 3.8) is 0 Å². The molecule has 1 radical (unpaired) electrons. The van der Waals surface area contributed by atoms with E-state index in [1.807, 2.05) is 133 Å². The molecule has 0 aliphatic heterocycles.